The number of aromatic nitrogens is 4. The fourth-order valence-electron chi connectivity index (χ4n) is 2.48. The van der Waals surface area contributed by atoms with Gasteiger partial charge in [-0.25, -0.2) is 9.97 Å². The van der Waals surface area contributed by atoms with Crippen molar-refractivity contribution in [2.24, 2.45) is 0 Å². The molecule has 0 fully saturated rings. The second-order valence-electron chi connectivity index (χ2n) is 5.53. The number of aryl methyl sites for hydroxylation is 1. The number of pyridine rings is 1. The van der Waals surface area contributed by atoms with E-state index in [4.69, 9.17) is 11.6 Å². The van der Waals surface area contributed by atoms with Crippen LogP contribution in [0.25, 0.3) is 10.9 Å². The van der Waals surface area contributed by atoms with E-state index in [0.29, 0.717) is 20.8 Å². The van der Waals surface area contributed by atoms with Crippen LogP contribution in [0.3, 0.4) is 0 Å². The van der Waals surface area contributed by atoms with E-state index in [1.54, 1.807) is 24.5 Å². The Labute approximate surface area is 157 Å². The molecule has 3 N–H and O–H groups in total. The molecule has 1 aromatic carbocycles. The maximum atomic E-state index is 12.6. The van der Waals surface area contributed by atoms with Crippen molar-refractivity contribution in [2.45, 2.75) is 6.92 Å². The number of nitrogens with one attached hydrogen (secondary N) is 3. The molecule has 0 saturated heterocycles. The standard InChI is InChI=1S/C17H13ClN6OS/c1-9-4-5-12-10(7-21-24-12)14(9)22-16(25)13-8-20-17(26-13)23-15-11(18)3-2-6-19-15/h2-8H,1H3,(H,21,24)(H,22,25)(H,19,20,23). The molecule has 26 heavy (non-hydrogen) atoms. The normalized spacial score (nSPS) is 10.8. The quantitative estimate of drug-likeness (QED) is 0.485. The lowest BCUT2D eigenvalue weighted by Gasteiger charge is -2.08. The van der Waals surface area contributed by atoms with Gasteiger partial charge in [0.1, 0.15) is 4.88 Å². The Morgan fingerprint density at radius 2 is 2.12 bits per heavy atom. The maximum Gasteiger partial charge on any atom is 0.267 e. The molecule has 4 aromatic rings. The number of halogens is 1. The van der Waals surface area contributed by atoms with Crippen LogP contribution in [-0.4, -0.2) is 26.1 Å². The van der Waals surface area contributed by atoms with Crippen molar-refractivity contribution in [3.63, 3.8) is 0 Å². The Kier molecular flexibility index (Phi) is 4.27. The van der Waals surface area contributed by atoms with Crippen molar-refractivity contribution in [1.29, 1.82) is 0 Å². The van der Waals surface area contributed by atoms with Crippen LogP contribution in [0.2, 0.25) is 5.02 Å². The van der Waals surface area contributed by atoms with Gasteiger partial charge in [-0.3, -0.25) is 9.89 Å². The summed E-state index contributed by atoms with van der Waals surface area (Å²) in [4.78, 5) is 21.5. The smallest absolute Gasteiger partial charge is 0.267 e. The Bertz CT molecular complexity index is 1110. The first kappa shape index (κ1) is 16.5. The average Bonchev–Trinajstić information content (AvgIpc) is 3.29. The predicted octanol–water partition coefficient (Wildman–Crippen LogP) is 4.37. The maximum absolute atomic E-state index is 12.6. The van der Waals surface area contributed by atoms with Gasteiger partial charge in [0.2, 0.25) is 0 Å². The summed E-state index contributed by atoms with van der Waals surface area (Å²) in [7, 11) is 0. The highest BCUT2D eigenvalue weighted by atomic mass is 35.5. The number of hydrogen-bond donors (Lipinski definition) is 3. The van der Waals surface area contributed by atoms with E-state index >= 15 is 0 Å². The first-order valence-corrected chi connectivity index (χ1v) is 8.88. The van der Waals surface area contributed by atoms with Crippen LogP contribution in [-0.2, 0) is 0 Å². The molecule has 0 spiro atoms. The van der Waals surface area contributed by atoms with Crippen LogP contribution >= 0.6 is 22.9 Å². The average molecular weight is 385 g/mol. The van der Waals surface area contributed by atoms with Crippen LogP contribution in [0, 0.1) is 6.92 Å². The summed E-state index contributed by atoms with van der Waals surface area (Å²) in [5.74, 6) is 0.258. The van der Waals surface area contributed by atoms with Crippen molar-refractivity contribution < 1.29 is 4.79 Å². The summed E-state index contributed by atoms with van der Waals surface area (Å²) in [6.07, 6.45) is 4.84. The Morgan fingerprint density at radius 3 is 2.96 bits per heavy atom. The van der Waals surface area contributed by atoms with E-state index in [0.717, 1.165) is 22.2 Å². The number of benzene rings is 1. The lowest BCUT2D eigenvalue weighted by atomic mass is 10.1. The van der Waals surface area contributed by atoms with Gasteiger partial charge >= 0.3 is 0 Å². The SMILES string of the molecule is Cc1ccc2[nH]ncc2c1NC(=O)c1cnc(Nc2ncccc2Cl)s1. The predicted molar refractivity (Wildman–Crippen MR) is 103 cm³/mol. The van der Waals surface area contributed by atoms with Crippen LogP contribution < -0.4 is 10.6 Å². The van der Waals surface area contributed by atoms with E-state index in [1.165, 1.54) is 17.5 Å². The number of fused-ring (bicyclic) bond motifs is 1. The number of carbonyl (C=O) groups is 1. The fourth-order valence-corrected chi connectivity index (χ4v) is 3.36. The lowest BCUT2D eigenvalue weighted by molar-refractivity contribution is 0.103. The van der Waals surface area contributed by atoms with Gasteiger partial charge in [0.05, 0.1) is 28.6 Å². The molecule has 0 aliphatic heterocycles. The number of anilines is 3. The van der Waals surface area contributed by atoms with Crippen molar-refractivity contribution in [2.75, 3.05) is 10.6 Å². The third kappa shape index (κ3) is 3.12. The third-order valence-electron chi connectivity index (χ3n) is 3.78. The number of H-pyrrole nitrogens is 1. The number of thiazole rings is 1. The zero-order valence-corrected chi connectivity index (χ0v) is 15.1. The second kappa shape index (κ2) is 6.74. The van der Waals surface area contributed by atoms with Crippen LogP contribution in [0.5, 0.6) is 0 Å². The lowest BCUT2D eigenvalue weighted by Crippen LogP contribution is -2.11. The van der Waals surface area contributed by atoms with Crippen molar-refractivity contribution in [3.8, 4) is 0 Å². The van der Waals surface area contributed by atoms with Gasteiger partial charge in [0, 0.05) is 11.6 Å². The molecule has 0 unspecified atom stereocenters. The van der Waals surface area contributed by atoms with Crippen molar-refractivity contribution in [3.05, 3.63) is 58.3 Å². The van der Waals surface area contributed by atoms with Crippen LogP contribution in [0.15, 0.2) is 42.9 Å². The van der Waals surface area contributed by atoms with Gasteiger partial charge in [0.15, 0.2) is 10.9 Å². The minimum Gasteiger partial charge on any atom is -0.320 e. The monoisotopic (exact) mass is 384 g/mol. The molecule has 0 atom stereocenters. The molecule has 3 aromatic heterocycles. The van der Waals surface area contributed by atoms with Crippen molar-refractivity contribution in [1.82, 2.24) is 20.2 Å². The summed E-state index contributed by atoms with van der Waals surface area (Å²) in [6, 6.07) is 7.33. The molecule has 4 rings (SSSR count). The number of rotatable bonds is 4. The first-order chi connectivity index (χ1) is 12.6. The van der Waals surface area contributed by atoms with E-state index in [1.807, 2.05) is 19.1 Å². The number of carbonyl (C=O) groups excluding carboxylic acids is 1. The molecule has 9 heteroatoms. The summed E-state index contributed by atoms with van der Waals surface area (Å²) in [5, 5.41) is 14.8. The molecule has 130 valence electrons. The molecule has 0 aliphatic carbocycles. The summed E-state index contributed by atoms with van der Waals surface area (Å²) in [6.45, 7) is 1.94. The largest absolute Gasteiger partial charge is 0.320 e. The number of aromatic amines is 1. The van der Waals surface area contributed by atoms with E-state index in [-0.39, 0.29) is 5.91 Å². The van der Waals surface area contributed by atoms with Gasteiger partial charge in [-0.1, -0.05) is 29.0 Å². The third-order valence-corrected chi connectivity index (χ3v) is 5.00. The molecule has 0 saturated carbocycles. The second-order valence-corrected chi connectivity index (χ2v) is 6.97. The highest BCUT2D eigenvalue weighted by Gasteiger charge is 2.15. The van der Waals surface area contributed by atoms with Crippen LogP contribution in [0.4, 0.5) is 16.6 Å². The molecular formula is C17H13ClN6OS. The Hall–Kier alpha value is -2.97. The van der Waals surface area contributed by atoms with Gasteiger partial charge in [-0.2, -0.15) is 5.10 Å². The minimum atomic E-state index is -0.237. The molecule has 0 radical (unpaired) electrons. The summed E-state index contributed by atoms with van der Waals surface area (Å²) >= 11 is 7.30. The highest BCUT2D eigenvalue weighted by Crippen LogP contribution is 2.29. The van der Waals surface area contributed by atoms with E-state index in [9.17, 15) is 4.79 Å². The van der Waals surface area contributed by atoms with Gasteiger partial charge in [0.25, 0.3) is 5.91 Å². The zero-order valence-electron chi connectivity index (χ0n) is 13.6. The molecule has 1 amide bonds. The number of hydrogen-bond acceptors (Lipinski definition) is 6. The van der Waals surface area contributed by atoms with Gasteiger partial charge in [-0.05, 0) is 30.7 Å². The Balaban J connectivity index is 1.56. The van der Waals surface area contributed by atoms with E-state index in [2.05, 4.69) is 30.8 Å². The molecular weight excluding hydrogens is 372 g/mol. The highest BCUT2D eigenvalue weighted by molar-refractivity contribution is 7.17. The van der Waals surface area contributed by atoms with Gasteiger partial charge < -0.3 is 10.6 Å². The fraction of sp³-hybridized carbons (Fsp3) is 0.0588. The topological polar surface area (TPSA) is 95.6 Å². The summed E-state index contributed by atoms with van der Waals surface area (Å²) in [5.41, 5.74) is 2.55. The van der Waals surface area contributed by atoms with E-state index < -0.39 is 0 Å². The summed E-state index contributed by atoms with van der Waals surface area (Å²) < 4.78 is 0. The molecule has 0 aliphatic rings. The molecule has 0 bridgehead atoms. The van der Waals surface area contributed by atoms with Gasteiger partial charge in [-0.15, -0.1) is 0 Å². The minimum absolute atomic E-state index is 0.237. The van der Waals surface area contributed by atoms with Crippen LogP contribution in [0.1, 0.15) is 15.2 Å². The zero-order chi connectivity index (χ0) is 18.1. The molecule has 3 heterocycles. The Morgan fingerprint density at radius 1 is 1.23 bits per heavy atom. The van der Waals surface area contributed by atoms with Crippen molar-refractivity contribution >= 4 is 56.4 Å². The first-order valence-electron chi connectivity index (χ1n) is 7.69. The number of nitrogens with zero attached hydrogens (tertiary/aromatic N) is 3. The number of amides is 1. The molecule has 7 nitrogen and oxygen atoms in total.